The summed E-state index contributed by atoms with van der Waals surface area (Å²) in [6.45, 7) is 13.7. The first-order chi connectivity index (χ1) is 32.0. The molecule has 4 aliphatic rings. The van der Waals surface area contributed by atoms with Crippen molar-refractivity contribution in [1.82, 2.24) is 4.98 Å². The molecule has 3 heteroatoms. The van der Waals surface area contributed by atoms with Crippen LogP contribution in [0.5, 0.6) is 0 Å². The molecule has 4 fully saturated rings. The smallest absolute Gasteiger partial charge is 0.242 e. The molecule has 4 aliphatic carbocycles. The van der Waals surface area contributed by atoms with Crippen LogP contribution in [0.2, 0.25) is 0 Å². The highest BCUT2D eigenvalue weighted by Crippen LogP contribution is 2.66. The van der Waals surface area contributed by atoms with Crippen molar-refractivity contribution in [3.63, 3.8) is 0 Å². The summed E-state index contributed by atoms with van der Waals surface area (Å²) in [6, 6.07) is 63.2. The van der Waals surface area contributed by atoms with Crippen LogP contribution in [0.1, 0.15) is 83.0 Å². The lowest BCUT2D eigenvalue weighted by atomic mass is 9.34. The fourth-order valence-corrected chi connectivity index (χ4v) is 17.1. The normalized spacial score (nSPS) is 20.9. The maximum atomic E-state index is 5.39. The van der Waals surface area contributed by atoms with Crippen molar-refractivity contribution in [2.75, 3.05) is 0 Å². The predicted octanol–water partition coefficient (Wildman–Crippen LogP) is 14.9. The molecule has 0 saturated heterocycles. The molecule has 0 radical (unpaired) electrons. The van der Waals surface area contributed by atoms with Crippen LogP contribution in [-0.4, -0.2) is 11.7 Å². The summed E-state index contributed by atoms with van der Waals surface area (Å²) in [5, 5.41) is 7.33. The van der Waals surface area contributed by atoms with Crippen molar-refractivity contribution in [1.29, 1.82) is 0 Å². The van der Waals surface area contributed by atoms with Gasteiger partial charge in [0.2, 0.25) is 6.71 Å². The third-order valence-electron chi connectivity index (χ3n) is 16.5. The highest BCUT2D eigenvalue weighted by molar-refractivity contribution is 7.67. The van der Waals surface area contributed by atoms with E-state index in [0.29, 0.717) is 0 Å². The van der Waals surface area contributed by atoms with Crippen molar-refractivity contribution in [3.8, 4) is 27.8 Å². The predicted molar refractivity (Wildman–Crippen MR) is 285 cm³/mol. The molecule has 1 nitrogen and oxygen atoms in total. The molecule has 2 unspecified atom stereocenters. The molecule has 324 valence electrons. The van der Waals surface area contributed by atoms with Gasteiger partial charge in [0.05, 0.1) is 11.4 Å². The van der Waals surface area contributed by atoms with Crippen LogP contribution in [0.15, 0.2) is 164 Å². The molecule has 9 aromatic rings. The molecule has 0 N–H and O–H groups in total. The van der Waals surface area contributed by atoms with E-state index in [1.807, 2.05) is 0 Å². The lowest BCUT2D eigenvalue weighted by molar-refractivity contribution is -0.0281. The molecule has 7 aromatic carbocycles. The molecule has 4 saturated carbocycles. The number of nitrogens with zero attached hydrogens (tertiary/aromatic N) is 1. The maximum absolute atomic E-state index is 5.39. The Morgan fingerprint density at radius 2 is 0.939 bits per heavy atom. The van der Waals surface area contributed by atoms with Gasteiger partial charge in [0.1, 0.15) is 0 Å². The number of fused-ring (bicyclic) bond motifs is 3. The Labute approximate surface area is 393 Å². The fraction of sp³-hybridized carbons (Fsp3) is 0.254. The number of hydrogen-bond donors (Lipinski definition) is 0. The minimum Gasteiger partial charge on any atom is -0.248 e. The van der Waals surface area contributed by atoms with Crippen molar-refractivity contribution in [2.24, 2.45) is 11.8 Å². The minimum atomic E-state index is -0.536. The average Bonchev–Trinajstić information content (AvgIpc) is 3.65. The van der Waals surface area contributed by atoms with E-state index in [0.717, 1.165) is 28.8 Å². The molecule has 66 heavy (non-hydrogen) atoms. The first-order valence-corrected chi connectivity index (χ1v) is 25.8. The number of aromatic nitrogens is 1. The van der Waals surface area contributed by atoms with Crippen LogP contribution in [-0.2, 0) is 10.8 Å². The van der Waals surface area contributed by atoms with E-state index in [-0.39, 0.29) is 17.5 Å². The Kier molecular flexibility index (Phi) is 9.96. The van der Waals surface area contributed by atoms with E-state index in [4.69, 9.17) is 4.98 Å². The van der Waals surface area contributed by atoms with Crippen LogP contribution in [0.25, 0.3) is 48.8 Å². The van der Waals surface area contributed by atoms with Crippen LogP contribution in [0, 0.1) is 53.4 Å². The van der Waals surface area contributed by atoms with Crippen molar-refractivity contribution in [2.45, 2.75) is 90.9 Å². The number of benzene rings is 7. The van der Waals surface area contributed by atoms with Crippen molar-refractivity contribution < 1.29 is 0 Å². The van der Waals surface area contributed by atoms with Gasteiger partial charge in [-0.05, 0) is 148 Å². The van der Waals surface area contributed by atoms with Gasteiger partial charge in [-0.2, -0.15) is 0 Å². The Bertz CT molecular complexity index is 3180. The van der Waals surface area contributed by atoms with Gasteiger partial charge < -0.3 is 0 Å². The van der Waals surface area contributed by atoms with Gasteiger partial charge in [-0.15, -0.1) is 0 Å². The fourth-order valence-electron chi connectivity index (χ4n) is 14.5. The number of rotatable bonds is 8. The first-order valence-electron chi connectivity index (χ1n) is 24.5. The van der Waals surface area contributed by atoms with E-state index >= 15 is 0 Å². The van der Waals surface area contributed by atoms with Gasteiger partial charge in [0, 0.05) is 15.8 Å². The van der Waals surface area contributed by atoms with Gasteiger partial charge in [-0.25, -0.2) is 4.98 Å². The molecule has 0 amide bonds. The number of aryl methyl sites for hydroxylation is 6. The number of hydrogen-bond acceptors (Lipinski definition) is 1. The zero-order valence-corrected chi connectivity index (χ0v) is 40.4. The summed E-state index contributed by atoms with van der Waals surface area (Å²) < 4.78 is 0. The Morgan fingerprint density at radius 3 is 1.47 bits per heavy atom. The lowest BCUT2D eigenvalue weighted by Gasteiger charge is -2.63. The van der Waals surface area contributed by atoms with Gasteiger partial charge >= 0.3 is 0 Å². The second kappa shape index (κ2) is 15.9. The Morgan fingerprint density at radius 1 is 0.470 bits per heavy atom. The summed E-state index contributed by atoms with van der Waals surface area (Å²) in [5.41, 5.74) is 20.2. The highest BCUT2D eigenvalue weighted by atomic mass is 31.1. The molecule has 0 aliphatic heterocycles. The van der Waals surface area contributed by atoms with E-state index in [1.165, 1.54) is 120 Å². The third-order valence-corrected chi connectivity index (χ3v) is 19.0. The largest absolute Gasteiger partial charge is 0.248 e. The van der Waals surface area contributed by atoms with E-state index in [2.05, 4.69) is 205 Å². The van der Waals surface area contributed by atoms with E-state index in [9.17, 15) is 0 Å². The summed E-state index contributed by atoms with van der Waals surface area (Å²) in [6.07, 6.45) is 8.02. The standard InChI is InChI=1S/C63H59BNP/c1-40-29-42(3)60(43(4)30-40)64(61-44(5)31-41(2)32-45(61)6)52-14-11-13-49(34-52)57-18-12-17-56(65-57)48-21-23-50(24-22-48)62-35-46-33-47(36-62)38-63(37-46,39-62)51-25-27-53(28-26-51)66-58-19-9-7-15-54(58)55-16-8-10-20-59(55)66/h7-32,34,46-47H,33,35-39H2,1-6H3. The van der Waals surface area contributed by atoms with Crippen LogP contribution >= 0.6 is 7.53 Å². The SMILES string of the molecule is Cc1cc(C)c(B(c2cccc(-c3cccc(-c4ccc(C56CC7CC(C5)CC(c5ccc(-p8c9ccccc9c9ccccc98)cc5)(C7)C6)cc4)n3)c2)c2c(C)cc(C)cc2C)c(C)c1. The molecule has 13 rings (SSSR count). The van der Waals surface area contributed by atoms with Gasteiger partial charge in [0.25, 0.3) is 0 Å². The van der Waals surface area contributed by atoms with Crippen molar-refractivity contribution in [3.05, 3.63) is 208 Å². The van der Waals surface area contributed by atoms with Gasteiger partial charge in [-0.3, -0.25) is 0 Å². The molecular formula is C63H59BNP. The third kappa shape index (κ3) is 6.85. The first kappa shape index (κ1) is 41.5. The zero-order valence-electron chi connectivity index (χ0n) is 39.5. The number of pyridine rings is 1. The summed E-state index contributed by atoms with van der Waals surface area (Å²) in [7, 11) is -0.536. The van der Waals surface area contributed by atoms with Crippen LogP contribution < -0.4 is 16.4 Å². The average molecular weight is 872 g/mol. The minimum absolute atomic E-state index is 0.124. The monoisotopic (exact) mass is 871 g/mol. The molecule has 4 bridgehead atoms. The Balaban J connectivity index is 0.845. The summed E-state index contributed by atoms with van der Waals surface area (Å²) >= 11 is 0. The molecule has 2 heterocycles. The van der Waals surface area contributed by atoms with Gasteiger partial charge in [0.15, 0.2) is 0 Å². The van der Waals surface area contributed by atoms with Crippen LogP contribution in [0.3, 0.4) is 0 Å². The molecule has 0 spiro atoms. The van der Waals surface area contributed by atoms with Crippen LogP contribution in [0.4, 0.5) is 0 Å². The maximum Gasteiger partial charge on any atom is 0.242 e. The highest BCUT2D eigenvalue weighted by Gasteiger charge is 2.58. The summed E-state index contributed by atoms with van der Waals surface area (Å²) in [5.74, 6) is 1.60. The quantitative estimate of drug-likeness (QED) is 0.139. The van der Waals surface area contributed by atoms with Gasteiger partial charge in [-0.1, -0.05) is 209 Å². The molecular weight excluding hydrogens is 812 g/mol. The topological polar surface area (TPSA) is 12.9 Å². The molecule has 2 aromatic heterocycles. The molecule has 2 atom stereocenters. The lowest BCUT2D eigenvalue weighted by Crippen LogP contribution is -2.55. The van der Waals surface area contributed by atoms with E-state index in [1.54, 1.807) is 11.1 Å². The van der Waals surface area contributed by atoms with E-state index < -0.39 is 7.53 Å². The zero-order chi connectivity index (χ0) is 44.9. The Hall–Kier alpha value is -5.95. The summed E-state index contributed by atoms with van der Waals surface area (Å²) in [4.78, 5) is 5.39. The second-order valence-electron chi connectivity index (χ2n) is 21.1. The van der Waals surface area contributed by atoms with Crippen molar-refractivity contribution >= 4 is 51.6 Å². The second-order valence-corrected chi connectivity index (χ2v) is 23.3.